The van der Waals surface area contributed by atoms with Gasteiger partial charge in [0.1, 0.15) is 5.69 Å². The van der Waals surface area contributed by atoms with Gasteiger partial charge in [0.25, 0.3) is 5.91 Å². The second kappa shape index (κ2) is 12.4. The fourth-order valence-electron chi connectivity index (χ4n) is 6.34. The van der Waals surface area contributed by atoms with E-state index >= 15 is 0 Å². The number of nitrogens with zero attached hydrogens (tertiary/aromatic N) is 7. The maximum atomic E-state index is 13.6. The number of fused-ring (bicyclic) bond motifs is 1. The lowest BCUT2D eigenvalue weighted by Crippen LogP contribution is -2.48. The number of hydrogen-bond donors (Lipinski definition) is 0. The topological polar surface area (TPSA) is 81.3 Å². The van der Waals surface area contributed by atoms with Gasteiger partial charge in [-0.05, 0) is 79.7 Å². The van der Waals surface area contributed by atoms with Crippen molar-refractivity contribution in [3.8, 4) is 6.07 Å². The first-order valence-corrected chi connectivity index (χ1v) is 15.1. The highest BCUT2D eigenvalue weighted by Crippen LogP contribution is 2.32. The summed E-state index contributed by atoms with van der Waals surface area (Å²) in [6.07, 6.45) is 6.98. The monoisotopic (exact) mass is 561 g/mol. The molecule has 6 rings (SSSR count). The molecule has 2 fully saturated rings. The summed E-state index contributed by atoms with van der Waals surface area (Å²) in [6, 6.07) is 18.8. The molecule has 1 amide bonds. The molecule has 4 heterocycles. The van der Waals surface area contributed by atoms with Crippen LogP contribution < -0.4 is 0 Å². The second-order valence-corrected chi connectivity index (χ2v) is 11.7. The number of amides is 1. The van der Waals surface area contributed by atoms with E-state index in [9.17, 15) is 4.79 Å². The van der Waals surface area contributed by atoms with E-state index in [2.05, 4.69) is 61.6 Å². The minimum Gasteiger partial charge on any atom is -0.340 e. The number of piperazine rings is 1. The van der Waals surface area contributed by atoms with Crippen LogP contribution in [0.1, 0.15) is 64.2 Å². The molecule has 8 heteroatoms. The lowest BCUT2D eigenvalue weighted by Gasteiger charge is -2.34. The molecule has 2 aliphatic rings. The van der Waals surface area contributed by atoms with E-state index in [1.165, 1.54) is 11.1 Å². The van der Waals surface area contributed by atoms with Crippen LogP contribution in [0.5, 0.6) is 0 Å². The molecule has 2 saturated heterocycles. The van der Waals surface area contributed by atoms with Gasteiger partial charge in [0, 0.05) is 63.4 Å². The largest absolute Gasteiger partial charge is 0.340 e. The fourth-order valence-corrected chi connectivity index (χ4v) is 6.34. The molecule has 2 aromatic heterocycles. The van der Waals surface area contributed by atoms with Crippen LogP contribution in [-0.2, 0) is 26.6 Å². The smallest absolute Gasteiger partial charge is 0.270 e. The van der Waals surface area contributed by atoms with E-state index in [-0.39, 0.29) is 5.91 Å². The van der Waals surface area contributed by atoms with Crippen LogP contribution in [0.15, 0.2) is 60.9 Å². The van der Waals surface area contributed by atoms with Gasteiger partial charge >= 0.3 is 0 Å². The first-order valence-electron chi connectivity index (χ1n) is 15.1. The summed E-state index contributed by atoms with van der Waals surface area (Å²) in [7, 11) is 2.00. The van der Waals surface area contributed by atoms with Gasteiger partial charge in [-0.25, -0.2) is 0 Å². The molecule has 0 aliphatic carbocycles. The Bertz CT molecular complexity index is 1570. The van der Waals surface area contributed by atoms with E-state index < -0.39 is 0 Å². The van der Waals surface area contributed by atoms with Crippen molar-refractivity contribution in [3.63, 3.8) is 0 Å². The maximum absolute atomic E-state index is 13.6. The molecular weight excluding hydrogens is 522 g/mol. The van der Waals surface area contributed by atoms with Gasteiger partial charge in [-0.3, -0.25) is 24.6 Å². The SMILES string of the molecule is CCc1cnc(CN2CCC(c3ccc4c(c3)cc(C(=O)N3CCN(Cc5ccc(C#N)cc5)CC3)n4C)CC2)cn1. The molecule has 2 aliphatic heterocycles. The molecule has 8 nitrogen and oxygen atoms in total. The summed E-state index contributed by atoms with van der Waals surface area (Å²) in [5.41, 5.74) is 7.19. The maximum Gasteiger partial charge on any atom is 0.270 e. The zero-order valence-corrected chi connectivity index (χ0v) is 24.7. The van der Waals surface area contributed by atoms with Crippen LogP contribution in [0.2, 0.25) is 0 Å². The molecule has 0 N–H and O–H groups in total. The Morgan fingerprint density at radius 2 is 1.57 bits per heavy atom. The number of piperidine rings is 1. The van der Waals surface area contributed by atoms with Crippen LogP contribution in [-0.4, -0.2) is 74.4 Å². The third-order valence-corrected chi connectivity index (χ3v) is 9.00. The normalized spacial score (nSPS) is 17.0. The van der Waals surface area contributed by atoms with Crippen molar-refractivity contribution >= 4 is 16.8 Å². The van der Waals surface area contributed by atoms with E-state index in [1.807, 2.05) is 48.6 Å². The third kappa shape index (κ3) is 6.08. The average Bonchev–Trinajstić information content (AvgIpc) is 3.37. The Kier molecular flexibility index (Phi) is 8.31. The lowest BCUT2D eigenvalue weighted by atomic mass is 9.89. The second-order valence-electron chi connectivity index (χ2n) is 11.7. The first kappa shape index (κ1) is 28.1. The molecule has 0 radical (unpaired) electrons. The molecule has 4 aromatic rings. The number of likely N-dealkylation sites (tertiary alicyclic amines) is 1. The van der Waals surface area contributed by atoms with Gasteiger partial charge in [0.15, 0.2) is 0 Å². The number of carbonyl (C=O) groups is 1. The Morgan fingerprint density at radius 1 is 0.881 bits per heavy atom. The number of benzene rings is 2. The van der Waals surface area contributed by atoms with E-state index in [0.29, 0.717) is 11.5 Å². The molecule has 2 aromatic carbocycles. The summed E-state index contributed by atoms with van der Waals surface area (Å²) in [6.45, 7) is 9.02. The lowest BCUT2D eigenvalue weighted by molar-refractivity contribution is 0.0619. The minimum absolute atomic E-state index is 0.108. The van der Waals surface area contributed by atoms with Crippen molar-refractivity contribution in [1.82, 2.24) is 29.2 Å². The summed E-state index contributed by atoms with van der Waals surface area (Å²) in [5.74, 6) is 0.638. The molecular formula is C34H39N7O. The Hall–Kier alpha value is -4.06. The van der Waals surface area contributed by atoms with Crippen molar-refractivity contribution in [2.24, 2.45) is 7.05 Å². The predicted molar refractivity (Wildman–Crippen MR) is 164 cm³/mol. The summed E-state index contributed by atoms with van der Waals surface area (Å²) in [4.78, 5) is 29.5. The Morgan fingerprint density at radius 3 is 2.24 bits per heavy atom. The third-order valence-electron chi connectivity index (χ3n) is 9.00. The van der Waals surface area contributed by atoms with Gasteiger partial charge in [-0.2, -0.15) is 5.26 Å². The van der Waals surface area contributed by atoms with Crippen LogP contribution in [0.3, 0.4) is 0 Å². The number of rotatable bonds is 7. The van der Waals surface area contributed by atoms with Crippen molar-refractivity contribution in [2.75, 3.05) is 39.3 Å². The van der Waals surface area contributed by atoms with Crippen molar-refractivity contribution in [2.45, 2.75) is 45.2 Å². The van der Waals surface area contributed by atoms with Crippen LogP contribution in [0, 0.1) is 11.3 Å². The highest BCUT2D eigenvalue weighted by Gasteiger charge is 2.26. The highest BCUT2D eigenvalue weighted by atomic mass is 16.2. The van der Waals surface area contributed by atoms with Crippen molar-refractivity contribution in [1.29, 1.82) is 5.26 Å². The molecule has 0 bridgehead atoms. The molecule has 216 valence electrons. The molecule has 0 unspecified atom stereocenters. The van der Waals surface area contributed by atoms with E-state index in [0.717, 1.165) is 99.6 Å². The zero-order valence-electron chi connectivity index (χ0n) is 24.7. The van der Waals surface area contributed by atoms with Crippen molar-refractivity contribution < 1.29 is 4.79 Å². The van der Waals surface area contributed by atoms with Gasteiger partial charge in [0.2, 0.25) is 0 Å². The summed E-state index contributed by atoms with van der Waals surface area (Å²) in [5, 5.41) is 10.2. The number of aromatic nitrogens is 3. The van der Waals surface area contributed by atoms with Crippen LogP contribution in [0.25, 0.3) is 10.9 Å². The van der Waals surface area contributed by atoms with E-state index in [1.54, 1.807) is 0 Å². The number of carbonyl (C=O) groups excluding carboxylic acids is 1. The average molecular weight is 562 g/mol. The van der Waals surface area contributed by atoms with Crippen LogP contribution >= 0.6 is 0 Å². The van der Waals surface area contributed by atoms with Crippen LogP contribution in [0.4, 0.5) is 0 Å². The number of nitriles is 1. The van der Waals surface area contributed by atoms with Crippen molar-refractivity contribution in [3.05, 3.63) is 94.7 Å². The number of hydrogen-bond acceptors (Lipinski definition) is 6. The molecule has 42 heavy (non-hydrogen) atoms. The van der Waals surface area contributed by atoms with Gasteiger partial charge < -0.3 is 9.47 Å². The zero-order chi connectivity index (χ0) is 29.1. The van der Waals surface area contributed by atoms with Gasteiger partial charge in [-0.1, -0.05) is 25.1 Å². The predicted octanol–water partition coefficient (Wildman–Crippen LogP) is 4.74. The van der Waals surface area contributed by atoms with Gasteiger partial charge in [0.05, 0.1) is 29.2 Å². The van der Waals surface area contributed by atoms with E-state index in [4.69, 9.17) is 5.26 Å². The number of aryl methyl sites for hydroxylation is 2. The summed E-state index contributed by atoms with van der Waals surface area (Å²) < 4.78 is 2.05. The first-order chi connectivity index (χ1) is 20.5. The fraction of sp³-hybridized carbons (Fsp3) is 0.412. The van der Waals surface area contributed by atoms with Gasteiger partial charge in [-0.15, -0.1) is 0 Å². The highest BCUT2D eigenvalue weighted by molar-refractivity contribution is 5.99. The Labute approximate surface area is 248 Å². The molecule has 0 atom stereocenters. The summed E-state index contributed by atoms with van der Waals surface area (Å²) >= 11 is 0. The molecule has 0 saturated carbocycles. The minimum atomic E-state index is 0.108. The Balaban J connectivity index is 1.05. The molecule has 0 spiro atoms. The quantitative estimate of drug-likeness (QED) is 0.324. The standard InChI is InChI=1S/C34H39N7O/c1-3-30-21-37-31(22-36-30)24-39-12-10-27(11-13-39)28-8-9-32-29(18-28)19-33(38(32)2)34(42)41-16-14-40(15-17-41)23-26-6-4-25(20-35)5-7-26/h4-9,18-19,21-22,27H,3,10-17,23-24H2,1-2H3.